The molecule has 78 valence electrons. The third-order valence-corrected chi connectivity index (χ3v) is 3.04. The second-order valence-corrected chi connectivity index (χ2v) is 4.15. The normalized spacial score (nSPS) is 10.6. The van der Waals surface area contributed by atoms with Gasteiger partial charge in [0.15, 0.2) is 5.76 Å². The molecule has 0 spiro atoms. The first kappa shape index (κ1) is 10.4. The van der Waals surface area contributed by atoms with Gasteiger partial charge < -0.3 is 9.63 Å². The number of rotatable bonds is 2. The minimum Gasteiger partial charge on any atom is -0.388 e. The molecule has 0 fully saturated rings. The summed E-state index contributed by atoms with van der Waals surface area (Å²) >= 11 is 3.46. The van der Waals surface area contributed by atoms with E-state index >= 15 is 0 Å². The van der Waals surface area contributed by atoms with E-state index in [2.05, 4.69) is 21.1 Å². The van der Waals surface area contributed by atoms with Crippen molar-refractivity contribution in [1.82, 2.24) is 5.16 Å². The van der Waals surface area contributed by atoms with E-state index in [-0.39, 0.29) is 6.61 Å². The zero-order chi connectivity index (χ0) is 10.8. The summed E-state index contributed by atoms with van der Waals surface area (Å²) in [7, 11) is 0. The van der Waals surface area contributed by atoms with Gasteiger partial charge in [-0.15, -0.1) is 0 Å². The molecule has 0 saturated carbocycles. The molecule has 0 unspecified atom stereocenters. The Labute approximate surface area is 95.8 Å². The quantitative estimate of drug-likeness (QED) is 0.910. The van der Waals surface area contributed by atoms with Gasteiger partial charge in [0.05, 0.1) is 0 Å². The van der Waals surface area contributed by atoms with Crippen LogP contribution in [0.2, 0.25) is 0 Å². The van der Waals surface area contributed by atoms with Crippen molar-refractivity contribution in [2.45, 2.75) is 13.5 Å². The lowest BCUT2D eigenvalue weighted by Crippen LogP contribution is -1.80. The van der Waals surface area contributed by atoms with Crippen LogP contribution in [0.5, 0.6) is 0 Å². The van der Waals surface area contributed by atoms with E-state index in [0.29, 0.717) is 5.76 Å². The van der Waals surface area contributed by atoms with Crippen molar-refractivity contribution in [2.24, 2.45) is 0 Å². The molecule has 1 N–H and O–H groups in total. The van der Waals surface area contributed by atoms with Crippen molar-refractivity contribution in [3.63, 3.8) is 0 Å². The van der Waals surface area contributed by atoms with Crippen LogP contribution in [-0.4, -0.2) is 10.3 Å². The van der Waals surface area contributed by atoms with E-state index in [1.807, 2.05) is 25.1 Å². The van der Waals surface area contributed by atoms with Crippen molar-refractivity contribution >= 4 is 15.9 Å². The molecule has 4 heteroatoms. The highest BCUT2D eigenvalue weighted by Gasteiger charge is 2.06. The second kappa shape index (κ2) is 4.16. The Hall–Kier alpha value is -1.13. The summed E-state index contributed by atoms with van der Waals surface area (Å²) in [6.07, 6.45) is 0. The number of hydrogen-bond donors (Lipinski definition) is 1. The molecule has 1 aromatic carbocycles. The Balaban J connectivity index is 2.40. The molecular formula is C11H10BrNO2. The molecule has 3 nitrogen and oxygen atoms in total. The molecule has 0 amide bonds. The third-order valence-electron chi connectivity index (χ3n) is 2.18. The summed E-state index contributed by atoms with van der Waals surface area (Å²) in [6.45, 7) is 1.90. The lowest BCUT2D eigenvalue weighted by molar-refractivity contribution is 0.229. The van der Waals surface area contributed by atoms with Crippen LogP contribution >= 0.6 is 15.9 Å². The third kappa shape index (κ3) is 2.11. The number of benzene rings is 1. The Kier molecular flexibility index (Phi) is 2.88. The highest BCUT2D eigenvalue weighted by molar-refractivity contribution is 9.10. The summed E-state index contributed by atoms with van der Waals surface area (Å²) in [5, 5.41) is 12.7. The van der Waals surface area contributed by atoms with E-state index in [9.17, 15) is 0 Å². The maximum absolute atomic E-state index is 8.85. The van der Waals surface area contributed by atoms with E-state index in [4.69, 9.17) is 9.63 Å². The zero-order valence-electron chi connectivity index (χ0n) is 8.20. The Morgan fingerprint density at radius 1 is 1.40 bits per heavy atom. The molecule has 0 radical (unpaired) electrons. The van der Waals surface area contributed by atoms with Crippen LogP contribution in [0, 0.1) is 6.92 Å². The van der Waals surface area contributed by atoms with Gasteiger partial charge in [0.2, 0.25) is 0 Å². The molecule has 0 atom stereocenters. The Morgan fingerprint density at radius 2 is 2.20 bits per heavy atom. The first-order valence-electron chi connectivity index (χ1n) is 4.53. The fourth-order valence-electron chi connectivity index (χ4n) is 1.28. The number of halogens is 1. The molecule has 0 aliphatic heterocycles. The van der Waals surface area contributed by atoms with Gasteiger partial charge in [-0.25, -0.2) is 0 Å². The minimum absolute atomic E-state index is 0.125. The van der Waals surface area contributed by atoms with Crippen molar-refractivity contribution in [2.75, 3.05) is 0 Å². The first-order chi connectivity index (χ1) is 7.20. The Bertz CT molecular complexity index is 479. The SMILES string of the molecule is Cc1ccc(-c2cc(CO)on2)cc1Br. The van der Waals surface area contributed by atoms with Crippen molar-refractivity contribution < 1.29 is 9.63 Å². The summed E-state index contributed by atoms with van der Waals surface area (Å²) in [5.74, 6) is 0.474. The van der Waals surface area contributed by atoms with E-state index in [1.165, 1.54) is 5.56 Å². The van der Waals surface area contributed by atoms with Crippen LogP contribution in [0.3, 0.4) is 0 Å². The fraction of sp³-hybridized carbons (Fsp3) is 0.182. The van der Waals surface area contributed by atoms with Crippen LogP contribution in [0.4, 0.5) is 0 Å². The fourth-order valence-corrected chi connectivity index (χ4v) is 1.65. The topological polar surface area (TPSA) is 46.3 Å². The average molecular weight is 268 g/mol. The maximum atomic E-state index is 8.85. The van der Waals surface area contributed by atoms with Gasteiger partial charge in [-0.3, -0.25) is 0 Å². The monoisotopic (exact) mass is 267 g/mol. The predicted octanol–water partition coefficient (Wildman–Crippen LogP) is 2.90. The number of aromatic nitrogens is 1. The number of nitrogens with zero attached hydrogens (tertiary/aromatic N) is 1. The highest BCUT2D eigenvalue weighted by atomic mass is 79.9. The molecule has 1 heterocycles. The summed E-state index contributed by atoms with van der Waals surface area (Å²) in [6, 6.07) is 7.69. The number of aliphatic hydroxyl groups is 1. The highest BCUT2D eigenvalue weighted by Crippen LogP contribution is 2.25. The molecular weight excluding hydrogens is 258 g/mol. The first-order valence-corrected chi connectivity index (χ1v) is 5.33. The van der Waals surface area contributed by atoms with Crippen molar-refractivity contribution in [3.8, 4) is 11.3 Å². The maximum Gasteiger partial charge on any atom is 0.162 e. The van der Waals surface area contributed by atoms with Gasteiger partial charge in [-0.1, -0.05) is 33.2 Å². The van der Waals surface area contributed by atoms with Crippen LogP contribution in [0.25, 0.3) is 11.3 Å². The predicted molar refractivity (Wildman–Crippen MR) is 60.3 cm³/mol. The van der Waals surface area contributed by atoms with E-state index in [0.717, 1.165) is 15.7 Å². The second-order valence-electron chi connectivity index (χ2n) is 3.30. The van der Waals surface area contributed by atoms with Crippen LogP contribution in [-0.2, 0) is 6.61 Å². The smallest absolute Gasteiger partial charge is 0.162 e. The number of hydrogen-bond acceptors (Lipinski definition) is 3. The number of aryl methyl sites for hydroxylation is 1. The van der Waals surface area contributed by atoms with Gasteiger partial charge in [0.25, 0.3) is 0 Å². The molecule has 0 aliphatic carbocycles. The van der Waals surface area contributed by atoms with E-state index < -0.39 is 0 Å². The summed E-state index contributed by atoms with van der Waals surface area (Å²) in [4.78, 5) is 0. The zero-order valence-corrected chi connectivity index (χ0v) is 9.78. The van der Waals surface area contributed by atoms with Gasteiger partial charge in [-0.05, 0) is 18.6 Å². The van der Waals surface area contributed by atoms with E-state index in [1.54, 1.807) is 6.07 Å². The largest absolute Gasteiger partial charge is 0.388 e. The van der Waals surface area contributed by atoms with Crippen LogP contribution < -0.4 is 0 Å². The molecule has 0 aliphatic rings. The molecule has 2 rings (SSSR count). The van der Waals surface area contributed by atoms with Crippen LogP contribution in [0.15, 0.2) is 33.3 Å². The van der Waals surface area contributed by atoms with Gasteiger partial charge >= 0.3 is 0 Å². The lowest BCUT2D eigenvalue weighted by atomic mass is 10.1. The van der Waals surface area contributed by atoms with Crippen molar-refractivity contribution in [3.05, 3.63) is 40.1 Å². The van der Waals surface area contributed by atoms with Crippen LogP contribution in [0.1, 0.15) is 11.3 Å². The molecule has 15 heavy (non-hydrogen) atoms. The molecule has 2 aromatic rings. The summed E-state index contributed by atoms with van der Waals surface area (Å²) < 4.78 is 5.96. The van der Waals surface area contributed by atoms with Gasteiger partial charge in [0.1, 0.15) is 12.3 Å². The standard InChI is InChI=1S/C11H10BrNO2/c1-7-2-3-8(4-10(7)12)11-5-9(6-14)15-13-11/h2-5,14H,6H2,1H3. The van der Waals surface area contributed by atoms with Gasteiger partial charge in [-0.2, -0.15) is 0 Å². The summed E-state index contributed by atoms with van der Waals surface area (Å²) in [5.41, 5.74) is 2.88. The molecule has 0 saturated heterocycles. The van der Waals surface area contributed by atoms with Crippen molar-refractivity contribution in [1.29, 1.82) is 0 Å². The van der Waals surface area contributed by atoms with Gasteiger partial charge in [0, 0.05) is 16.1 Å². The number of aliphatic hydroxyl groups excluding tert-OH is 1. The Morgan fingerprint density at radius 3 is 2.80 bits per heavy atom. The average Bonchev–Trinajstić information content (AvgIpc) is 2.70. The minimum atomic E-state index is -0.125. The molecule has 0 bridgehead atoms. The molecule has 1 aromatic heterocycles. The lowest BCUT2D eigenvalue weighted by Gasteiger charge is -1.99.